The summed E-state index contributed by atoms with van der Waals surface area (Å²) in [5.41, 5.74) is 0.884. The zero-order chi connectivity index (χ0) is 8.81. The molecule has 1 aromatic rings. The van der Waals surface area contributed by atoms with Crippen molar-refractivity contribution in [2.24, 2.45) is 0 Å². The molecule has 12 heavy (non-hydrogen) atoms. The highest BCUT2D eigenvalue weighted by molar-refractivity contribution is 6.31. The summed E-state index contributed by atoms with van der Waals surface area (Å²) in [6, 6.07) is 7.35. The Kier molecular flexibility index (Phi) is 3.77. The molecule has 0 aliphatic heterocycles. The van der Waals surface area contributed by atoms with Crippen LogP contribution in [0.2, 0.25) is 5.02 Å². The lowest BCUT2D eigenvalue weighted by molar-refractivity contribution is 0.156. The van der Waals surface area contributed by atoms with Crippen LogP contribution in [0, 0.1) is 0 Å². The molecule has 0 saturated carbocycles. The Hall–Kier alpha value is -0.860. The summed E-state index contributed by atoms with van der Waals surface area (Å²) in [5.74, 6) is 0. The molecule has 0 N–H and O–H groups in total. The molecule has 1 radical (unpaired) electrons. The zero-order valence-corrected chi connectivity index (χ0v) is 7.17. The first kappa shape index (κ1) is 9.23. The van der Waals surface area contributed by atoms with E-state index >= 15 is 0 Å². The van der Waals surface area contributed by atoms with Crippen LogP contribution in [0.15, 0.2) is 24.3 Å². The van der Waals surface area contributed by atoms with Crippen molar-refractivity contribution in [3.63, 3.8) is 0 Å². The highest BCUT2D eigenvalue weighted by Gasteiger charge is 1.97. The zero-order valence-electron chi connectivity index (χ0n) is 6.42. The summed E-state index contributed by atoms with van der Waals surface area (Å²) in [7, 11) is 0. The van der Waals surface area contributed by atoms with Crippen LogP contribution in [-0.2, 0) is 16.1 Å². The summed E-state index contributed by atoms with van der Waals surface area (Å²) in [5, 5.41) is 0.656. The molecule has 0 spiro atoms. The summed E-state index contributed by atoms with van der Waals surface area (Å²) in [4.78, 5) is 9.80. The fourth-order valence-corrected chi connectivity index (χ4v) is 1.01. The van der Waals surface area contributed by atoms with Gasteiger partial charge in [0.05, 0.1) is 6.61 Å². The maximum atomic E-state index is 9.80. The second-order valence-electron chi connectivity index (χ2n) is 2.23. The number of carbonyl (C=O) groups excluding carboxylic acids is 1. The molecule has 0 aliphatic carbocycles. The van der Waals surface area contributed by atoms with E-state index in [2.05, 4.69) is 0 Å². The van der Waals surface area contributed by atoms with Gasteiger partial charge in [-0.05, 0) is 11.6 Å². The Labute approximate surface area is 76.1 Å². The van der Waals surface area contributed by atoms with Crippen LogP contribution >= 0.6 is 11.6 Å². The molecule has 0 unspecified atom stereocenters. The summed E-state index contributed by atoms with van der Waals surface area (Å²) in [6.07, 6.45) is 1.64. The maximum absolute atomic E-state index is 9.80. The molecule has 2 nitrogen and oxygen atoms in total. The lowest BCUT2D eigenvalue weighted by Gasteiger charge is -2.01. The minimum absolute atomic E-state index is 0.00871. The first-order valence-corrected chi connectivity index (χ1v) is 3.88. The van der Waals surface area contributed by atoms with Gasteiger partial charge in [0.15, 0.2) is 0 Å². The second-order valence-corrected chi connectivity index (χ2v) is 2.64. The smallest absolute Gasteiger partial charge is 0.226 e. The Morgan fingerprint density at radius 3 is 2.83 bits per heavy atom. The summed E-state index contributed by atoms with van der Waals surface area (Å²) < 4.78 is 4.94. The number of halogens is 1. The largest absolute Gasteiger partial charge is 0.368 e. The van der Waals surface area contributed by atoms with Gasteiger partial charge in [-0.15, -0.1) is 0 Å². The van der Waals surface area contributed by atoms with Gasteiger partial charge in [-0.1, -0.05) is 29.8 Å². The third-order valence-electron chi connectivity index (χ3n) is 1.38. The average Bonchev–Trinajstić information content (AvgIpc) is 2.09. The van der Waals surface area contributed by atoms with Crippen molar-refractivity contribution in [1.29, 1.82) is 0 Å². The van der Waals surface area contributed by atoms with E-state index in [0.29, 0.717) is 11.6 Å². The fourth-order valence-electron chi connectivity index (χ4n) is 0.818. The number of ether oxygens (including phenoxy) is 1. The van der Waals surface area contributed by atoms with Gasteiger partial charge < -0.3 is 4.74 Å². The van der Waals surface area contributed by atoms with Crippen molar-refractivity contribution < 1.29 is 9.53 Å². The van der Waals surface area contributed by atoms with Crippen LogP contribution in [-0.4, -0.2) is 12.9 Å². The topological polar surface area (TPSA) is 26.3 Å². The molecule has 0 heterocycles. The van der Waals surface area contributed by atoms with E-state index in [0.717, 1.165) is 5.56 Å². The second kappa shape index (κ2) is 4.91. The highest BCUT2D eigenvalue weighted by Crippen LogP contribution is 2.15. The predicted octanol–water partition coefficient (Wildman–Crippen LogP) is 1.97. The van der Waals surface area contributed by atoms with E-state index in [-0.39, 0.29) is 6.61 Å². The van der Waals surface area contributed by atoms with E-state index in [1.54, 1.807) is 12.4 Å². The standard InChI is InChI=1S/C9H8ClO2/c10-9-4-2-1-3-8(9)7-12-6-5-11/h1-4H,6-7H2. The third kappa shape index (κ3) is 2.64. The van der Waals surface area contributed by atoms with Crippen LogP contribution in [0.3, 0.4) is 0 Å². The van der Waals surface area contributed by atoms with E-state index in [1.807, 2.05) is 18.2 Å². The van der Waals surface area contributed by atoms with E-state index in [9.17, 15) is 4.79 Å². The molecule has 1 rings (SSSR count). The molecule has 3 heteroatoms. The van der Waals surface area contributed by atoms with Crippen LogP contribution in [0.4, 0.5) is 0 Å². The van der Waals surface area contributed by atoms with Gasteiger partial charge in [0.1, 0.15) is 6.61 Å². The highest BCUT2D eigenvalue weighted by atomic mass is 35.5. The van der Waals surface area contributed by atoms with Crippen molar-refractivity contribution in [2.75, 3.05) is 6.61 Å². The minimum atomic E-state index is -0.00871. The van der Waals surface area contributed by atoms with Crippen molar-refractivity contribution in [3.05, 3.63) is 34.9 Å². The van der Waals surface area contributed by atoms with Crippen LogP contribution in [0.1, 0.15) is 5.56 Å². The van der Waals surface area contributed by atoms with Gasteiger partial charge >= 0.3 is 0 Å². The number of benzene rings is 1. The predicted molar refractivity (Wildman–Crippen MR) is 46.8 cm³/mol. The summed E-state index contributed by atoms with van der Waals surface area (Å²) in [6.45, 7) is 0.347. The monoisotopic (exact) mass is 183 g/mol. The quantitative estimate of drug-likeness (QED) is 0.668. The van der Waals surface area contributed by atoms with E-state index in [1.165, 1.54) is 0 Å². The fraction of sp³-hybridized carbons (Fsp3) is 0.222. The van der Waals surface area contributed by atoms with Crippen LogP contribution < -0.4 is 0 Å². The van der Waals surface area contributed by atoms with Gasteiger partial charge in [-0.3, -0.25) is 4.79 Å². The number of hydrogen-bond donors (Lipinski definition) is 0. The minimum Gasteiger partial charge on any atom is -0.368 e. The summed E-state index contributed by atoms with van der Waals surface area (Å²) >= 11 is 5.82. The Bertz CT molecular complexity index is 260. The van der Waals surface area contributed by atoms with Gasteiger partial charge in [-0.2, -0.15) is 0 Å². The van der Waals surface area contributed by atoms with Crippen molar-refractivity contribution >= 4 is 17.9 Å². The van der Waals surface area contributed by atoms with Crippen molar-refractivity contribution in [2.45, 2.75) is 6.61 Å². The Morgan fingerprint density at radius 2 is 2.17 bits per heavy atom. The SMILES string of the molecule is O=[C]COCc1ccccc1Cl. The molecule has 0 atom stereocenters. The Balaban J connectivity index is 2.51. The molecule has 63 valence electrons. The first-order chi connectivity index (χ1) is 5.84. The molecular weight excluding hydrogens is 176 g/mol. The molecule has 0 aliphatic rings. The molecule has 0 saturated heterocycles. The number of hydrogen-bond acceptors (Lipinski definition) is 2. The van der Waals surface area contributed by atoms with E-state index < -0.39 is 0 Å². The lowest BCUT2D eigenvalue weighted by atomic mass is 10.2. The normalized spacial score (nSPS) is 9.75. The van der Waals surface area contributed by atoms with Crippen LogP contribution in [0.5, 0.6) is 0 Å². The van der Waals surface area contributed by atoms with Crippen molar-refractivity contribution in [1.82, 2.24) is 0 Å². The molecule has 0 aromatic heterocycles. The van der Waals surface area contributed by atoms with Gasteiger partial charge in [0, 0.05) is 5.02 Å². The maximum Gasteiger partial charge on any atom is 0.226 e. The number of rotatable bonds is 4. The molecule has 0 bridgehead atoms. The third-order valence-corrected chi connectivity index (χ3v) is 1.75. The molecule has 0 fully saturated rings. The molecular formula is C9H8ClO2. The van der Waals surface area contributed by atoms with Gasteiger partial charge in [0.2, 0.25) is 6.29 Å². The lowest BCUT2D eigenvalue weighted by Crippen LogP contribution is -1.96. The first-order valence-electron chi connectivity index (χ1n) is 3.50. The van der Waals surface area contributed by atoms with E-state index in [4.69, 9.17) is 16.3 Å². The molecule has 1 aromatic carbocycles. The molecule has 0 amide bonds. The Morgan fingerprint density at radius 1 is 1.42 bits per heavy atom. The van der Waals surface area contributed by atoms with Gasteiger partial charge in [-0.25, -0.2) is 0 Å². The van der Waals surface area contributed by atoms with Crippen LogP contribution in [0.25, 0.3) is 0 Å². The average molecular weight is 184 g/mol. The van der Waals surface area contributed by atoms with Crippen molar-refractivity contribution in [3.8, 4) is 0 Å². The van der Waals surface area contributed by atoms with Gasteiger partial charge in [0.25, 0.3) is 0 Å².